The van der Waals surface area contributed by atoms with E-state index in [1.54, 1.807) is 18.5 Å². The molecule has 0 unspecified atom stereocenters. The third-order valence-electron chi connectivity index (χ3n) is 3.46. The fourth-order valence-corrected chi connectivity index (χ4v) is 2.34. The highest BCUT2D eigenvalue weighted by atomic mass is 16.1. The summed E-state index contributed by atoms with van der Waals surface area (Å²) in [5.41, 5.74) is 11.0. The number of hydrogen-bond acceptors (Lipinski definition) is 2. The van der Waals surface area contributed by atoms with Crippen molar-refractivity contribution < 1.29 is 4.79 Å². The molecule has 0 aliphatic heterocycles. The van der Waals surface area contributed by atoms with E-state index in [-0.39, 0.29) is 0 Å². The Morgan fingerprint density at radius 3 is 2.70 bits per heavy atom. The van der Waals surface area contributed by atoms with E-state index >= 15 is 0 Å². The van der Waals surface area contributed by atoms with E-state index in [2.05, 4.69) is 37.0 Å². The van der Waals surface area contributed by atoms with Crippen LogP contribution < -0.4 is 5.73 Å². The summed E-state index contributed by atoms with van der Waals surface area (Å²) in [6.45, 7) is 4.13. The number of aromatic nitrogens is 2. The Bertz CT molecular complexity index is 818. The maximum atomic E-state index is 11.2. The zero-order valence-electron chi connectivity index (χ0n) is 11.4. The molecule has 0 saturated carbocycles. The van der Waals surface area contributed by atoms with Crippen molar-refractivity contribution in [3.8, 4) is 5.69 Å². The third kappa shape index (κ3) is 1.95. The van der Waals surface area contributed by atoms with Crippen molar-refractivity contribution in [1.29, 1.82) is 0 Å². The first-order chi connectivity index (χ1) is 9.56. The maximum Gasteiger partial charge on any atom is 0.248 e. The number of nitrogens with two attached hydrogens (primary N) is 1. The Balaban J connectivity index is 2.22. The van der Waals surface area contributed by atoms with Crippen molar-refractivity contribution >= 4 is 16.9 Å². The van der Waals surface area contributed by atoms with Gasteiger partial charge in [-0.05, 0) is 49.2 Å². The first-order valence-corrected chi connectivity index (χ1v) is 6.41. The average molecular weight is 265 g/mol. The predicted octanol–water partition coefficient (Wildman–Crippen LogP) is 2.74. The largest absolute Gasteiger partial charge is 0.366 e. The molecule has 3 rings (SSSR count). The van der Waals surface area contributed by atoms with Gasteiger partial charge in [-0.1, -0.05) is 12.1 Å². The van der Waals surface area contributed by atoms with Gasteiger partial charge < -0.3 is 5.73 Å². The fourth-order valence-electron chi connectivity index (χ4n) is 2.34. The highest BCUT2D eigenvalue weighted by Gasteiger charge is 2.09. The second kappa shape index (κ2) is 4.49. The summed E-state index contributed by atoms with van der Waals surface area (Å²) >= 11 is 0. The fraction of sp³-hybridized carbons (Fsp3) is 0.125. The number of imidazole rings is 1. The van der Waals surface area contributed by atoms with Crippen LogP contribution in [0.1, 0.15) is 21.5 Å². The molecular formula is C16H15N3O. The van der Waals surface area contributed by atoms with Gasteiger partial charge in [0.15, 0.2) is 0 Å². The predicted molar refractivity (Wildman–Crippen MR) is 79.1 cm³/mol. The highest BCUT2D eigenvalue weighted by Crippen LogP contribution is 2.22. The number of carbonyl (C=O) groups excluding carboxylic acids is 1. The molecule has 4 heteroatoms. The van der Waals surface area contributed by atoms with Crippen LogP contribution in [-0.4, -0.2) is 15.5 Å². The lowest BCUT2D eigenvalue weighted by atomic mass is 10.1. The first-order valence-electron chi connectivity index (χ1n) is 6.41. The van der Waals surface area contributed by atoms with Crippen LogP contribution in [0, 0.1) is 13.8 Å². The van der Waals surface area contributed by atoms with E-state index in [9.17, 15) is 4.79 Å². The molecule has 0 spiro atoms. The number of primary amides is 1. The summed E-state index contributed by atoms with van der Waals surface area (Å²) in [4.78, 5) is 15.6. The summed E-state index contributed by atoms with van der Waals surface area (Å²) < 4.78 is 2.03. The summed E-state index contributed by atoms with van der Waals surface area (Å²) in [7, 11) is 0. The van der Waals surface area contributed by atoms with Crippen LogP contribution in [0.15, 0.2) is 42.7 Å². The van der Waals surface area contributed by atoms with Crippen molar-refractivity contribution in [2.45, 2.75) is 13.8 Å². The van der Waals surface area contributed by atoms with Crippen molar-refractivity contribution in [3.05, 3.63) is 59.4 Å². The lowest BCUT2D eigenvalue weighted by Gasteiger charge is -2.09. The van der Waals surface area contributed by atoms with Gasteiger partial charge in [-0.2, -0.15) is 0 Å². The van der Waals surface area contributed by atoms with E-state index in [1.807, 2.05) is 10.6 Å². The van der Waals surface area contributed by atoms with Crippen LogP contribution in [-0.2, 0) is 0 Å². The normalized spacial score (nSPS) is 10.9. The quantitative estimate of drug-likeness (QED) is 0.774. The van der Waals surface area contributed by atoms with Gasteiger partial charge in [0.2, 0.25) is 5.91 Å². The number of rotatable bonds is 2. The van der Waals surface area contributed by atoms with Gasteiger partial charge in [-0.25, -0.2) is 4.98 Å². The van der Waals surface area contributed by atoms with Gasteiger partial charge in [0, 0.05) is 5.56 Å². The Morgan fingerprint density at radius 2 is 1.95 bits per heavy atom. The third-order valence-corrected chi connectivity index (χ3v) is 3.46. The van der Waals surface area contributed by atoms with Gasteiger partial charge in [0.25, 0.3) is 0 Å². The molecule has 3 aromatic rings. The summed E-state index contributed by atoms with van der Waals surface area (Å²) in [6, 6.07) is 11.6. The van der Waals surface area contributed by atoms with Crippen molar-refractivity contribution in [3.63, 3.8) is 0 Å². The van der Waals surface area contributed by atoms with Crippen LogP contribution in [0.2, 0.25) is 0 Å². The van der Waals surface area contributed by atoms with Gasteiger partial charge in [0.1, 0.15) is 6.33 Å². The van der Waals surface area contributed by atoms with Crippen molar-refractivity contribution in [1.82, 2.24) is 9.55 Å². The second-order valence-corrected chi connectivity index (χ2v) is 4.97. The smallest absolute Gasteiger partial charge is 0.248 e. The number of aryl methyl sites for hydroxylation is 2. The molecule has 2 aromatic carbocycles. The number of amides is 1. The van der Waals surface area contributed by atoms with Crippen LogP contribution in [0.5, 0.6) is 0 Å². The Morgan fingerprint density at radius 1 is 1.15 bits per heavy atom. The molecule has 20 heavy (non-hydrogen) atoms. The lowest BCUT2D eigenvalue weighted by Crippen LogP contribution is -2.10. The maximum absolute atomic E-state index is 11.2. The standard InChI is InChI=1S/C16H15N3O/c1-10-3-4-11(2)15(7-10)19-9-18-13-8-12(16(17)20)5-6-14(13)19/h3-9H,1-2H3,(H2,17,20). The van der Waals surface area contributed by atoms with E-state index in [0.29, 0.717) is 5.56 Å². The molecule has 0 atom stereocenters. The van der Waals surface area contributed by atoms with Gasteiger partial charge in [-0.15, -0.1) is 0 Å². The lowest BCUT2D eigenvalue weighted by molar-refractivity contribution is 0.100. The van der Waals surface area contributed by atoms with Crippen molar-refractivity contribution in [2.75, 3.05) is 0 Å². The first kappa shape index (κ1) is 12.4. The second-order valence-electron chi connectivity index (χ2n) is 4.97. The van der Waals surface area contributed by atoms with Crippen LogP contribution in [0.25, 0.3) is 16.7 Å². The van der Waals surface area contributed by atoms with Gasteiger partial charge >= 0.3 is 0 Å². The molecule has 2 N–H and O–H groups in total. The molecule has 0 radical (unpaired) electrons. The Hall–Kier alpha value is -2.62. The molecule has 0 aliphatic carbocycles. The number of carbonyl (C=O) groups is 1. The zero-order valence-corrected chi connectivity index (χ0v) is 11.4. The zero-order chi connectivity index (χ0) is 14.3. The van der Waals surface area contributed by atoms with Crippen LogP contribution in [0.3, 0.4) is 0 Å². The van der Waals surface area contributed by atoms with Crippen LogP contribution in [0.4, 0.5) is 0 Å². The molecule has 0 aliphatic rings. The van der Waals surface area contributed by atoms with Crippen LogP contribution >= 0.6 is 0 Å². The minimum atomic E-state index is -0.437. The Kier molecular flexibility index (Phi) is 2.79. The number of nitrogens with zero attached hydrogens (tertiary/aromatic N) is 2. The summed E-state index contributed by atoms with van der Waals surface area (Å²) in [6.07, 6.45) is 1.78. The minimum Gasteiger partial charge on any atom is -0.366 e. The molecule has 0 fully saturated rings. The highest BCUT2D eigenvalue weighted by molar-refractivity contribution is 5.96. The van der Waals surface area contributed by atoms with E-state index in [4.69, 9.17) is 5.73 Å². The molecule has 1 aromatic heterocycles. The van der Waals surface area contributed by atoms with E-state index in [0.717, 1.165) is 16.7 Å². The Labute approximate surface area is 116 Å². The summed E-state index contributed by atoms with van der Waals surface area (Å²) in [5.74, 6) is -0.437. The summed E-state index contributed by atoms with van der Waals surface area (Å²) in [5, 5.41) is 0. The minimum absolute atomic E-state index is 0.437. The molecule has 100 valence electrons. The van der Waals surface area contributed by atoms with E-state index in [1.165, 1.54) is 11.1 Å². The topological polar surface area (TPSA) is 60.9 Å². The molecular weight excluding hydrogens is 250 g/mol. The number of benzene rings is 2. The average Bonchev–Trinajstić information content (AvgIpc) is 2.84. The molecule has 1 amide bonds. The van der Waals surface area contributed by atoms with Crippen molar-refractivity contribution in [2.24, 2.45) is 5.73 Å². The number of fused-ring (bicyclic) bond motifs is 1. The van der Waals surface area contributed by atoms with Gasteiger partial charge in [-0.3, -0.25) is 9.36 Å². The van der Waals surface area contributed by atoms with Gasteiger partial charge in [0.05, 0.1) is 16.7 Å². The SMILES string of the molecule is Cc1ccc(C)c(-n2cnc3cc(C(N)=O)ccc32)c1. The molecule has 0 bridgehead atoms. The number of hydrogen-bond donors (Lipinski definition) is 1. The van der Waals surface area contributed by atoms with E-state index < -0.39 is 5.91 Å². The molecule has 1 heterocycles. The monoisotopic (exact) mass is 265 g/mol. The molecule has 4 nitrogen and oxygen atoms in total. The molecule has 0 saturated heterocycles.